The van der Waals surface area contributed by atoms with Crippen molar-refractivity contribution in [3.63, 3.8) is 0 Å². The third-order valence-corrected chi connectivity index (χ3v) is 6.63. The molecule has 2 heterocycles. The summed E-state index contributed by atoms with van der Waals surface area (Å²) in [6.07, 6.45) is -2.97. The van der Waals surface area contributed by atoms with Crippen LogP contribution in [0.1, 0.15) is 5.56 Å². The van der Waals surface area contributed by atoms with Crippen molar-refractivity contribution in [1.82, 2.24) is 9.55 Å². The first-order valence-corrected chi connectivity index (χ1v) is 10.7. The summed E-state index contributed by atoms with van der Waals surface area (Å²) < 4.78 is 69.5. The molecule has 1 aliphatic heterocycles. The van der Waals surface area contributed by atoms with Crippen molar-refractivity contribution in [3.05, 3.63) is 60.3 Å². The van der Waals surface area contributed by atoms with E-state index in [1.165, 1.54) is 12.1 Å². The van der Waals surface area contributed by atoms with E-state index in [0.29, 0.717) is 11.3 Å². The van der Waals surface area contributed by atoms with Gasteiger partial charge in [-0.25, -0.2) is 13.4 Å². The van der Waals surface area contributed by atoms with Gasteiger partial charge in [-0.1, -0.05) is 42.1 Å². The number of aromatic nitrogens is 2. The first-order chi connectivity index (χ1) is 13.3. The summed E-state index contributed by atoms with van der Waals surface area (Å²) in [4.78, 5) is 3.67. The number of anilines is 1. The Labute approximate surface area is 163 Å². The minimum absolute atomic E-state index is 0.168. The molecule has 4 rings (SSSR count). The largest absolute Gasteiger partial charge is 0.417 e. The Morgan fingerprint density at radius 3 is 2.54 bits per heavy atom. The zero-order valence-corrected chi connectivity index (χ0v) is 15.9. The fraction of sp³-hybridized carbons (Fsp3) is 0.167. The molecule has 10 heteroatoms. The Morgan fingerprint density at radius 1 is 1.07 bits per heavy atom. The molecule has 1 aromatic heterocycles. The van der Waals surface area contributed by atoms with Crippen LogP contribution in [0.25, 0.3) is 11.3 Å². The third-order valence-electron chi connectivity index (χ3n) is 4.23. The van der Waals surface area contributed by atoms with E-state index in [0.717, 1.165) is 35.7 Å². The molecule has 0 radical (unpaired) electrons. The van der Waals surface area contributed by atoms with E-state index in [2.05, 4.69) is 9.71 Å². The van der Waals surface area contributed by atoms with E-state index in [1.54, 1.807) is 30.0 Å². The molecule has 146 valence electrons. The SMILES string of the molecule is O=S(=O)(Nc1ccccc1-c1cn2c(n1)SCC2)c1ccccc1C(F)(F)F. The van der Waals surface area contributed by atoms with E-state index in [1.807, 2.05) is 10.8 Å². The van der Waals surface area contributed by atoms with Crippen molar-refractivity contribution in [2.45, 2.75) is 22.8 Å². The van der Waals surface area contributed by atoms with Gasteiger partial charge >= 0.3 is 6.18 Å². The number of thioether (sulfide) groups is 1. The predicted molar refractivity (Wildman–Crippen MR) is 101 cm³/mol. The number of hydrogen-bond donors (Lipinski definition) is 1. The predicted octanol–water partition coefficient (Wildman–Crippen LogP) is 4.48. The van der Waals surface area contributed by atoms with Crippen molar-refractivity contribution in [3.8, 4) is 11.3 Å². The number of sulfonamides is 1. The molecular formula is C18H14F3N3O2S2. The third kappa shape index (κ3) is 3.49. The fourth-order valence-corrected chi connectivity index (χ4v) is 5.22. The molecule has 1 aliphatic rings. The Morgan fingerprint density at radius 2 is 1.79 bits per heavy atom. The van der Waals surface area contributed by atoms with E-state index in [4.69, 9.17) is 0 Å². The van der Waals surface area contributed by atoms with Crippen LogP contribution in [0.4, 0.5) is 18.9 Å². The first-order valence-electron chi connectivity index (χ1n) is 8.24. The van der Waals surface area contributed by atoms with Crippen LogP contribution in [0.2, 0.25) is 0 Å². The number of imidazole rings is 1. The highest BCUT2D eigenvalue weighted by Gasteiger charge is 2.37. The first kappa shape index (κ1) is 18.9. The molecule has 5 nitrogen and oxygen atoms in total. The zero-order valence-electron chi connectivity index (χ0n) is 14.3. The van der Waals surface area contributed by atoms with Crippen molar-refractivity contribution in [2.75, 3.05) is 10.5 Å². The topological polar surface area (TPSA) is 64.0 Å². The Bertz CT molecular complexity index is 1120. The van der Waals surface area contributed by atoms with E-state index >= 15 is 0 Å². The molecule has 0 fully saturated rings. The number of para-hydroxylation sites is 1. The van der Waals surface area contributed by atoms with Gasteiger partial charge in [0.2, 0.25) is 0 Å². The van der Waals surface area contributed by atoms with E-state index in [-0.39, 0.29) is 5.69 Å². The van der Waals surface area contributed by atoms with Gasteiger partial charge in [-0.15, -0.1) is 0 Å². The lowest BCUT2D eigenvalue weighted by Gasteiger charge is -2.15. The molecule has 0 atom stereocenters. The van der Waals surface area contributed by atoms with Crippen molar-refractivity contribution >= 4 is 27.5 Å². The number of halogens is 3. The number of rotatable bonds is 4. The summed E-state index contributed by atoms with van der Waals surface area (Å²) in [6, 6.07) is 10.6. The molecule has 0 saturated carbocycles. The molecule has 1 N–H and O–H groups in total. The average molecular weight is 425 g/mol. The minimum atomic E-state index is -4.78. The van der Waals surface area contributed by atoms with Crippen molar-refractivity contribution in [1.29, 1.82) is 0 Å². The van der Waals surface area contributed by atoms with Crippen LogP contribution in [0.15, 0.2) is 64.8 Å². The number of nitrogens with one attached hydrogen (secondary N) is 1. The van der Waals surface area contributed by atoms with E-state index < -0.39 is 26.7 Å². The van der Waals surface area contributed by atoms with Gasteiger partial charge in [-0.2, -0.15) is 13.2 Å². The smallest absolute Gasteiger partial charge is 0.325 e. The van der Waals surface area contributed by atoms with Crippen molar-refractivity contribution in [2.24, 2.45) is 0 Å². The molecule has 28 heavy (non-hydrogen) atoms. The molecule has 3 aromatic rings. The summed E-state index contributed by atoms with van der Waals surface area (Å²) in [7, 11) is -4.46. The highest BCUT2D eigenvalue weighted by Crippen LogP contribution is 2.36. The quantitative estimate of drug-likeness (QED) is 0.670. The second-order valence-electron chi connectivity index (χ2n) is 6.10. The Balaban J connectivity index is 1.74. The molecule has 0 spiro atoms. The highest BCUT2D eigenvalue weighted by molar-refractivity contribution is 7.99. The second-order valence-corrected chi connectivity index (χ2v) is 8.81. The number of benzene rings is 2. The number of hydrogen-bond acceptors (Lipinski definition) is 4. The van der Waals surface area contributed by atoms with Gasteiger partial charge in [0, 0.05) is 24.1 Å². The lowest BCUT2D eigenvalue weighted by molar-refractivity contribution is -0.139. The van der Waals surface area contributed by atoms with Crippen molar-refractivity contribution < 1.29 is 21.6 Å². The number of fused-ring (bicyclic) bond motifs is 1. The Kier molecular flexibility index (Phi) is 4.62. The van der Waals surface area contributed by atoms with Gasteiger partial charge in [0.1, 0.15) is 0 Å². The summed E-state index contributed by atoms with van der Waals surface area (Å²) >= 11 is 1.59. The maximum absolute atomic E-state index is 13.2. The summed E-state index contributed by atoms with van der Waals surface area (Å²) in [5.41, 5.74) is 0.0151. The summed E-state index contributed by atoms with van der Waals surface area (Å²) in [6.45, 7) is 0.805. The maximum atomic E-state index is 13.2. The molecule has 2 aromatic carbocycles. The van der Waals surface area contributed by atoms with Gasteiger partial charge < -0.3 is 4.57 Å². The van der Waals surface area contributed by atoms with Crippen LogP contribution >= 0.6 is 11.8 Å². The normalized spacial score (nSPS) is 14.1. The molecule has 0 amide bonds. The maximum Gasteiger partial charge on any atom is 0.417 e. The van der Waals surface area contributed by atoms with Crippen LogP contribution in [0.5, 0.6) is 0 Å². The van der Waals surface area contributed by atoms with Crippen LogP contribution < -0.4 is 4.72 Å². The van der Waals surface area contributed by atoms with Crippen LogP contribution in [-0.4, -0.2) is 23.7 Å². The number of alkyl halides is 3. The fourth-order valence-electron chi connectivity index (χ4n) is 2.97. The minimum Gasteiger partial charge on any atom is -0.325 e. The van der Waals surface area contributed by atoms with Crippen LogP contribution in [0.3, 0.4) is 0 Å². The lowest BCUT2D eigenvalue weighted by atomic mass is 10.1. The van der Waals surface area contributed by atoms with E-state index in [9.17, 15) is 21.6 Å². The van der Waals surface area contributed by atoms with Crippen LogP contribution in [0, 0.1) is 0 Å². The standard InChI is InChI=1S/C18H14F3N3O2S2/c19-18(20,21)13-6-2-4-8-16(13)28(25,26)23-14-7-3-1-5-12(14)15-11-24-9-10-27-17(24)22-15/h1-8,11,23H,9-10H2. The number of nitrogens with zero attached hydrogens (tertiary/aromatic N) is 2. The Hall–Kier alpha value is -2.46. The lowest BCUT2D eigenvalue weighted by Crippen LogP contribution is -2.19. The molecule has 0 aliphatic carbocycles. The molecule has 0 saturated heterocycles. The summed E-state index contributed by atoms with van der Waals surface area (Å²) in [5.74, 6) is 0.922. The van der Waals surface area contributed by atoms with Gasteiger partial charge in [0.05, 0.1) is 21.8 Å². The monoisotopic (exact) mass is 425 g/mol. The van der Waals surface area contributed by atoms with Gasteiger partial charge in [-0.05, 0) is 18.2 Å². The molecule has 0 bridgehead atoms. The summed E-state index contributed by atoms with van der Waals surface area (Å²) in [5, 5.41) is 0.829. The molecular weight excluding hydrogens is 411 g/mol. The van der Waals surface area contributed by atoms with Gasteiger partial charge in [0.25, 0.3) is 10.0 Å². The molecule has 0 unspecified atom stereocenters. The second kappa shape index (κ2) is 6.85. The number of aryl methyl sites for hydroxylation is 1. The average Bonchev–Trinajstić information content (AvgIpc) is 3.23. The highest BCUT2D eigenvalue weighted by atomic mass is 32.2. The van der Waals surface area contributed by atoms with Gasteiger partial charge in [0.15, 0.2) is 5.16 Å². The van der Waals surface area contributed by atoms with Crippen LogP contribution in [-0.2, 0) is 22.7 Å². The zero-order chi connectivity index (χ0) is 19.9. The van der Waals surface area contributed by atoms with Gasteiger partial charge in [-0.3, -0.25) is 4.72 Å².